The second kappa shape index (κ2) is 4.36. The fourth-order valence-corrected chi connectivity index (χ4v) is 2.81. The monoisotopic (exact) mass is 275 g/mol. The first-order valence-electron chi connectivity index (χ1n) is 4.12. The largest absolute Gasteiger partial charge is 0.265 e. The van der Waals surface area contributed by atoms with Gasteiger partial charge in [-0.1, -0.05) is 11.6 Å². The Morgan fingerprint density at radius 2 is 2.12 bits per heavy atom. The van der Waals surface area contributed by atoms with E-state index in [1.54, 1.807) is 5.38 Å². The van der Waals surface area contributed by atoms with Crippen LogP contribution in [-0.2, 0) is 10.0 Å². The number of rotatable bonds is 3. The number of halogens is 1. The summed E-state index contributed by atoms with van der Waals surface area (Å²) >= 11 is 6.77. The van der Waals surface area contributed by atoms with Gasteiger partial charge >= 0.3 is 0 Å². The molecule has 0 bridgehead atoms. The van der Waals surface area contributed by atoms with Gasteiger partial charge in [0.25, 0.3) is 10.0 Å². The molecule has 2 aromatic rings. The van der Waals surface area contributed by atoms with Crippen LogP contribution in [0.15, 0.2) is 34.8 Å². The van der Waals surface area contributed by atoms with Crippen LogP contribution in [0.25, 0.3) is 0 Å². The molecule has 0 spiro atoms. The van der Waals surface area contributed by atoms with Crippen LogP contribution in [0.4, 0.5) is 5.13 Å². The van der Waals surface area contributed by atoms with Crippen molar-refractivity contribution in [1.29, 1.82) is 0 Å². The number of nitrogens with zero attached hydrogens (tertiary/aromatic N) is 2. The molecule has 2 heterocycles. The van der Waals surface area contributed by atoms with E-state index in [0.29, 0.717) is 5.13 Å². The lowest BCUT2D eigenvalue weighted by molar-refractivity contribution is 0.601. The van der Waals surface area contributed by atoms with Gasteiger partial charge in [0, 0.05) is 17.8 Å². The van der Waals surface area contributed by atoms with Crippen molar-refractivity contribution in [3.63, 3.8) is 0 Å². The van der Waals surface area contributed by atoms with E-state index >= 15 is 0 Å². The fraction of sp³-hybridized carbons (Fsp3) is 0. The maximum Gasteiger partial charge on any atom is 0.265 e. The number of thiazole rings is 1. The molecule has 84 valence electrons. The molecule has 16 heavy (non-hydrogen) atoms. The Hall–Kier alpha value is -1.18. The van der Waals surface area contributed by atoms with Crippen LogP contribution >= 0.6 is 22.9 Å². The van der Waals surface area contributed by atoms with Crippen LogP contribution in [0.3, 0.4) is 0 Å². The van der Waals surface area contributed by atoms with Gasteiger partial charge in [-0.3, -0.25) is 4.72 Å². The molecule has 0 aliphatic heterocycles. The molecule has 8 heteroatoms. The zero-order valence-electron chi connectivity index (χ0n) is 7.79. The Kier molecular flexibility index (Phi) is 3.08. The average molecular weight is 276 g/mol. The smallest absolute Gasteiger partial charge is 0.255 e. The minimum atomic E-state index is -3.62. The Morgan fingerprint density at radius 1 is 1.31 bits per heavy atom. The second-order valence-electron chi connectivity index (χ2n) is 2.76. The molecule has 0 saturated carbocycles. The molecule has 0 unspecified atom stereocenters. The van der Waals surface area contributed by atoms with Crippen LogP contribution < -0.4 is 4.72 Å². The standard InChI is InChI=1S/C8H6ClN3O2S2/c9-7-2-1-6(5-11-7)16(13,14)12-8-10-3-4-15-8/h1-5H,(H,10,12). The van der Waals surface area contributed by atoms with E-state index in [4.69, 9.17) is 11.6 Å². The number of sulfonamides is 1. The normalized spacial score (nSPS) is 11.3. The van der Waals surface area contributed by atoms with E-state index in [1.807, 2.05) is 0 Å². The Labute approximate surface area is 101 Å². The molecular formula is C8H6ClN3O2S2. The maximum atomic E-state index is 11.8. The third-order valence-corrected chi connectivity index (χ3v) is 4.03. The average Bonchev–Trinajstić information content (AvgIpc) is 2.70. The molecule has 0 aliphatic rings. The van der Waals surface area contributed by atoms with Crippen molar-refractivity contribution in [3.05, 3.63) is 35.1 Å². The van der Waals surface area contributed by atoms with Gasteiger partial charge in [0.1, 0.15) is 10.0 Å². The van der Waals surface area contributed by atoms with Crippen LogP contribution in [0.2, 0.25) is 5.15 Å². The molecule has 0 atom stereocenters. The van der Waals surface area contributed by atoms with Gasteiger partial charge in [0.05, 0.1) is 0 Å². The van der Waals surface area contributed by atoms with E-state index in [2.05, 4.69) is 14.7 Å². The van der Waals surface area contributed by atoms with Gasteiger partial charge < -0.3 is 0 Å². The summed E-state index contributed by atoms with van der Waals surface area (Å²) in [6, 6.07) is 2.79. The highest BCUT2D eigenvalue weighted by Gasteiger charge is 2.15. The number of nitrogens with one attached hydrogen (secondary N) is 1. The molecule has 0 saturated heterocycles. The third-order valence-electron chi connectivity index (χ3n) is 1.66. The maximum absolute atomic E-state index is 11.8. The molecule has 5 nitrogen and oxygen atoms in total. The third kappa shape index (κ3) is 2.49. The van der Waals surface area contributed by atoms with Gasteiger partial charge in [-0.2, -0.15) is 0 Å². The van der Waals surface area contributed by atoms with Gasteiger partial charge in [0.2, 0.25) is 0 Å². The second-order valence-corrected chi connectivity index (χ2v) is 5.72. The van der Waals surface area contributed by atoms with E-state index in [-0.39, 0.29) is 10.0 Å². The summed E-state index contributed by atoms with van der Waals surface area (Å²) in [4.78, 5) is 7.58. The molecule has 0 aliphatic carbocycles. The minimum Gasteiger partial charge on any atom is -0.255 e. The Bertz CT molecular complexity index is 566. The van der Waals surface area contributed by atoms with Crippen molar-refractivity contribution in [3.8, 4) is 0 Å². The van der Waals surface area contributed by atoms with E-state index in [9.17, 15) is 8.42 Å². The molecule has 0 radical (unpaired) electrons. The van der Waals surface area contributed by atoms with Crippen LogP contribution in [-0.4, -0.2) is 18.4 Å². The number of pyridine rings is 1. The van der Waals surface area contributed by atoms with Gasteiger partial charge in [0.15, 0.2) is 5.13 Å². The van der Waals surface area contributed by atoms with Crippen LogP contribution in [0, 0.1) is 0 Å². The Morgan fingerprint density at radius 3 is 2.69 bits per heavy atom. The first-order chi connectivity index (χ1) is 7.58. The van der Waals surface area contributed by atoms with Gasteiger partial charge in [-0.25, -0.2) is 18.4 Å². The molecule has 2 aromatic heterocycles. The molecular weight excluding hydrogens is 270 g/mol. The van der Waals surface area contributed by atoms with E-state index in [0.717, 1.165) is 0 Å². The van der Waals surface area contributed by atoms with Crippen LogP contribution in [0.1, 0.15) is 0 Å². The predicted octanol–water partition coefficient (Wildman–Crippen LogP) is 1.99. The zero-order chi connectivity index (χ0) is 11.6. The fourth-order valence-electron chi connectivity index (χ4n) is 0.969. The van der Waals surface area contributed by atoms with Crippen molar-refractivity contribution in [2.75, 3.05) is 4.72 Å². The van der Waals surface area contributed by atoms with E-state index < -0.39 is 10.0 Å². The molecule has 0 aromatic carbocycles. The topological polar surface area (TPSA) is 72.0 Å². The van der Waals surface area contributed by atoms with Gasteiger partial charge in [-0.15, -0.1) is 11.3 Å². The summed E-state index contributed by atoms with van der Waals surface area (Å²) in [5.41, 5.74) is 0. The summed E-state index contributed by atoms with van der Waals surface area (Å²) in [6.45, 7) is 0. The van der Waals surface area contributed by atoms with Crippen molar-refractivity contribution < 1.29 is 8.42 Å². The Balaban J connectivity index is 2.29. The molecule has 1 N–H and O–H groups in total. The highest BCUT2D eigenvalue weighted by Crippen LogP contribution is 2.17. The summed E-state index contributed by atoms with van der Waals surface area (Å²) < 4.78 is 25.9. The summed E-state index contributed by atoms with van der Waals surface area (Å²) in [5, 5.41) is 2.24. The zero-order valence-corrected chi connectivity index (χ0v) is 10.2. The van der Waals surface area contributed by atoms with Crippen LogP contribution in [0.5, 0.6) is 0 Å². The number of hydrogen-bond donors (Lipinski definition) is 1. The lowest BCUT2D eigenvalue weighted by atomic mass is 10.5. The highest BCUT2D eigenvalue weighted by molar-refractivity contribution is 7.93. The number of anilines is 1. The number of hydrogen-bond acceptors (Lipinski definition) is 5. The lowest BCUT2D eigenvalue weighted by Crippen LogP contribution is -2.12. The SMILES string of the molecule is O=S(=O)(Nc1nccs1)c1ccc(Cl)nc1. The summed E-state index contributed by atoms with van der Waals surface area (Å²) in [5.74, 6) is 0. The molecule has 0 fully saturated rings. The summed E-state index contributed by atoms with van der Waals surface area (Å²) in [6.07, 6.45) is 2.71. The van der Waals surface area contributed by atoms with Crippen molar-refractivity contribution in [2.45, 2.75) is 4.90 Å². The molecule has 2 rings (SSSR count). The lowest BCUT2D eigenvalue weighted by Gasteiger charge is -2.03. The number of aromatic nitrogens is 2. The minimum absolute atomic E-state index is 0.0482. The highest BCUT2D eigenvalue weighted by atomic mass is 35.5. The van der Waals surface area contributed by atoms with Crippen molar-refractivity contribution >= 4 is 38.1 Å². The van der Waals surface area contributed by atoms with Crippen molar-refractivity contribution in [1.82, 2.24) is 9.97 Å². The van der Waals surface area contributed by atoms with E-state index in [1.165, 1.54) is 35.9 Å². The first kappa shape index (κ1) is 11.3. The first-order valence-corrected chi connectivity index (χ1v) is 6.86. The quantitative estimate of drug-likeness (QED) is 0.870. The molecule has 0 amide bonds. The summed E-state index contributed by atoms with van der Waals surface area (Å²) in [7, 11) is -3.62. The van der Waals surface area contributed by atoms with Crippen molar-refractivity contribution in [2.24, 2.45) is 0 Å². The van der Waals surface area contributed by atoms with Gasteiger partial charge in [-0.05, 0) is 12.1 Å². The predicted molar refractivity (Wildman–Crippen MR) is 62.2 cm³/mol.